The highest BCUT2D eigenvalue weighted by atomic mass is 16.5. The van der Waals surface area contributed by atoms with Crippen LogP contribution in [0.15, 0.2) is 10.6 Å². The highest BCUT2D eigenvalue weighted by Crippen LogP contribution is 2.01. The van der Waals surface area contributed by atoms with E-state index in [1.54, 1.807) is 0 Å². The number of aromatic nitrogens is 1. The first-order valence-electron chi connectivity index (χ1n) is 5.81. The maximum atomic E-state index is 11.5. The zero-order chi connectivity index (χ0) is 12.9. The molecule has 2 N–H and O–H groups in total. The number of carbonyl (C=O) groups is 1. The van der Waals surface area contributed by atoms with Crippen LogP contribution in [0.5, 0.6) is 0 Å². The number of rotatable bonds is 5. The van der Waals surface area contributed by atoms with Gasteiger partial charge in [-0.2, -0.15) is 0 Å². The minimum absolute atomic E-state index is 0.0161. The number of nitrogens with zero attached hydrogens (tertiary/aromatic N) is 1. The molecule has 1 aromatic rings. The Morgan fingerprint density at radius 2 is 2.18 bits per heavy atom. The topological polar surface area (TPSA) is 67.2 Å². The van der Waals surface area contributed by atoms with Crippen molar-refractivity contribution >= 4 is 5.91 Å². The molecule has 0 aliphatic carbocycles. The van der Waals surface area contributed by atoms with Crippen LogP contribution in [0.4, 0.5) is 0 Å². The van der Waals surface area contributed by atoms with Crippen molar-refractivity contribution in [3.8, 4) is 0 Å². The number of hydrogen-bond donors (Lipinski definition) is 2. The Kier molecular flexibility index (Phi) is 4.69. The smallest absolute Gasteiger partial charge is 0.221 e. The van der Waals surface area contributed by atoms with Crippen molar-refractivity contribution in [2.24, 2.45) is 0 Å². The standard InChI is InChI=1S/C12H21N3O2/c1-9-7-10(15-17-9)8-13-11(16)5-6-14-12(2,3)4/h7,14H,5-6,8H2,1-4H3,(H,13,16). The summed E-state index contributed by atoms with van der Waals surface area (Å²) in [5.41, 5.74) is 0.795. The Hall–Kier alpha value is -1.36. The zero-order valence-electron chi connectivity index (χ0n) is 11.0. The molecule has 5 heteroatoms. The molecule has 1 heterocycles. The molecule has 1 rings (SSSR count). The normalized spacial score (nSPS) is 11.5. The molecule has 0 bridgehead atoms. The predicted octanol–water partition coefficient (Wildman–Crippen LogP) is 1.38. The second kappa shape index (κ2) is 5.82. The molecular weight excluding hydrogens is 218 g/mol. The largest absolute Gasteiger partial charge is 0.361 e. The summed E-state index contributed by atoms with van der Waals surface area (Å²) in [6.07, 6.45) is 0.466. The molecular formula is C12H21N3O2. The van der Waals surface area contributed by atoms with Gasteiger partial charge in [-0.25, -0.2) is 0 Å². The second-order valence-electron chi connectivity index (χ2n) is 5.13. The minimum Gasteiger partial charge on any atom is -0.361 e. The molecule has 17 heavy (non-hydrogen) atoms. The van der Waals surface area contributed by atoms with E-state index in [9.17, 15) is 4.79 Å². The fourth-order valence-corrected chi connectivity index (χ4v) is 1.33. The second-order valence-corrected chi connectivity index (χ2v) is 5.13. The van der Waals surface area contributed by atoms with Gasteiger partial charge in [-0.1, -0.05) is 5.16 Å². The van der Waals surface area contributed by atoms with E-state index in [0.29, 0.717) is 19.5 Å². The summed E-state index contributed by atoms with van der Waals surface area (Å²) in [6.45, 7) is 9.14. The van der Waals surface area contributed by atoms with Gasteiger partial charge in [0.15, 0.2) is 0 Å². The van der Waals surface area contributed by atoms with E-state index in [1.165, 1.54) is 0 Å². The summed E-state index contributed by atoms with van der Waals surface area (Å²) in [5, 5.41) is 9.86. The van der Waals surface area contributed by atoms with E-state index in [1.807, 2.05) is 13.0 Å². The third kappa shape index (κ3) is 6.06. The van der Waals surface area contributed by atoms with Crippen molar-refractivity contribution in [3.63, 3.8) is 0 Å². The average molecular weight is 239 g/mol. The molecule has 0 aliphatic rings. The van der Waals surface area contributed by atoms with Gasteiger partial charge in [-0.3, -0.25) is 4.79 Å². The number of hydrogen-bond acceptors (Lipinski definition) is 4. The Bertz CT molecular complexity index is 366. The predicted molar refractivity (Wildman–Crippen MR) is 65.5 cm³/mol. The summed E-state index contributed by atoms with van der Waals surface area (Å²) in [4.78, 5) is 11.5. The molecule has 5 nitrogen and oxygen atoms in total. The SMILES string of the molecule is Cc1cc(CNC(=O)CCNC(C)(C)C)no1. The Labute approximate surface area is 102 Å². The van der Waals surface area contributed by atoms with Gasteiger partial charge in [0.1, 0.15) is 11.5 Å². The molecule has 0 saturated heterocycles. The lowest BCUT2D eigenvalue weighted by Crippen LogP contribution is -2.38. The van der Waals surface area contributed by atoms with Gasteiger partial charge in [-0.05, 0) is 27.7 Å². The summed E-state index contributed by atoms with van der Waals surface area (Å²) >= 11 is 0. The molecule has 0 aromatic carbocycles. The Morgan fingerprint density at radius 1 is 1.47 bits per heavy atom. The van der Waals surface area contributed by atoms with Gasteiger partial charge >= 0.3 is 0 Å². The lowest BCUT2D eigenvalue weighted by Gasteiger charge is -2.20. The van der Waals surface area contributed by atoms with Gasteiger partial charge in [0, 0.05) is 24.6 Å². The van der Waals surface area contributed by atoms with Gasteiger partial charge in [0.2, 0.25) is 5.91 Å². The molecule has 0 fully saturated rings. The van der Waals surface area contributed by atoms with E-state index in [-0.39, 0.29) is 11.4 Å². The summed E-state index contributed by atoms with van der Waals surface area (Å²) < 4.78 is 4.91. The van der Waals surface area contributed by atoms with Crippen LogP contribution in [0, 0.1) is 6.92 Å². The Balaban J connectivity index is 2.18. The van der Waals surface area contributed by atoms with Crippen molar-refractivity contribution in [2.45, 2.75) is 46.2 Å². The van der Waals surface area contributed by atoms with Gasteiger partial charge < -0.3 is 15.2 Å². The van der Waals surface area contributed by atoms with Crippen molar-refractivity contribution in [2.75, 3.05) is 6.54 Å². The van der Waals surface area contributed by atoms with Crippen LogP contribution in [-0.2, 0) is 11.3 Å². The molecule has 1 aromatic heterocycles. The van der Waals surface area contributed by atoms with E-state index in [0.717, 1.165) is 11.5 Å². The summed E-state index contributed by atoms with van der Waals surface area (Å²) in [5.74, 6) is 0.769. The fourth-order valence-electron chi connectivity index (χ4n) is 1.33. The quantitative estimate of drug-likeness (QED) is 0.814. The van der Waals surface area contributed by atoms with E-state index in [4.69, 9.17) is 4.52 Å². The first-order chi connectivity index (χ1) is 7.87. The van der Waals surface area contributed by atoms with Crippen molar-refractivity contribution in [1.29, 1.82) is 0 Å². The van der Waals surface area contributed by atoms with Crippen LogP contribution in [0.25, 0.3) is 0 Å². The van der Waals surface area contributed by atoms with E-state index < -0.39 is 0 Å². The van der Waals surface area contributed by atoms with Crippen molar-refractivity contribution in [3.05, 3.63) is 17.5 Å². The molecule has 0 saturated carbocycles. The van der Waals surface area contributed by atoms with Crippen LogP contribution in [-0.4, -0.2) is 23.1 Å². The maximum absolute atomic E-state index is 11.5. The Morgan fingerprint density at radius 3 is 2.71 bits per heavy atom. The van der Waals surface area contributed by atoms with E-state index in [2.05, 4.69) is 36.6 Å². The fraction of sp³-hybridized carbons (Fsp3) is 0.667. The van der Waals surface area contributed by atoms with Gasteiger partial charge in [0.25, 0.3) is 0 Å². The number of amides is 1. The summed E-state index contributed by atoms with van der Waals surface area (Å²) in [7, 11) is 0. The van der Waals surface area contributed by atoms with Gasteiger partial charge in [-0.15, -0.1) is 0 Å². The molecule has 96 valence electrons. The highest BCUT2D eigenvalue weighted by Gasteiger charge is 2.09. The molecule has 0 radical (unpaired) electrons. The number of aryl methyl sites for hydroxylation is 1. The monoisotopic (exact) mass is 239 g/mol. The third-order valence-electron chi connectivity index (χ3n) is 2.15. The third-order valence-corrected chi connectivity index (χ3v) is 2.15. The molecule has 1 amide bonds. The number of carbonyl (C=O) groups excluding carboxylic acids is 1. The summed E-state index contributed by atoms with van der Waals surface area (Å²) in [6, 6.07) is 1.81. The van der Waals surface area contributed by atoms with E-state index >= 15 is 0 Å². The first-order valence-corrected chi connectivity index (χ1v) is 5.81. The number of nitrogens with one attached hydrogen (secondary N) is 2. The lowest BCUT2D eigenvalue weighted by atomic mass is 10.1. The van der Waals surface area contributed by atoms with Crippen LogP contribution < -0.4 is 10.6 Å². The molecule has 0 atom stereocenters. The molecule has 0 spiro atoms. The minimum atomic E-state index is 0.0161. The van der Waals surface area contributed by atoms with Crippen LogP contribution in [0.1, 0.15) is 38.6 Å². The first kappa shape index (κ1) is 13.7. The van der Waals surface area contributed by atoms with Gasteiger partial charge in [0.05, 0.1) is 6.54 Å². The lowest BCUT2D eigenvalue weighted by molar-refractivity contribution is -0.121. The maximum Gasteiger partial charge on any atom is 0.221 e. The van der Waals surface area contributed by atoms with Crippen molar-refractivity contribution in [1.82, 2.24) is 15.8 Å². The average Bonchev–Trinajstić information content (AvgIpc) is 2.59. The zero-order valence-corrected chi connectivity index (χ0v) is 11.0. The van der Waals surface area contributed by atoms with Crippen LogP contribution >= 0.6 is 0 Å². The highest BCUT2D eigenvalue weighted by molar-refractivity contribution is 5.75. The molecule has 0 unspecified atom stereocenters. The van der Waals surface area contributed by atoms with Crippen molar-refractivity contribution < 1.29 is 9.32 Å². The van der Waals surface area contributed by atoms with Crippen LogP contribution in [0.3, 0.4) is 0 Å². The van der Waals surface area contributed by atoms with Crippen LogP contribution in [0.2, 0.25) is 0 Å². The molecule has 0 aliphatic heterocycles.